The number of nitrogens with zero attached hydrogens (tertiary/aromatic N) is 1. The molecule has 1 nitrogen and oxygen atoms in total. The topological polar surface area (TPSA) is 23.8 Å². The third kappa shape index (κ3) is 4.71. The molecule has 1 heteroatoms. The SMILES string of the molecule is N#Cc1ccc(-c2ccc(-c3ccc(C(C4=CCCC=C4)C4=CC=CCC4)c4ccccc34)c3ccccc23)c2ccccc12. The van der Waals surface area contributed by atoms with Crippen LogP contribution in [0.4, 0.5) is 0 Å². The molecule has 1 unspecified atom stereocenters. The van der Waals surface area contributed by atoms with Crippen molar-refractivity contribution in [2.45, 2.75) is 31.6 Å². The van der Waals surface area contributed by atoms with E-state index in [4.69, 9.17) is 0 Å². The van der Waals surface area contributed by atoms with E-state index >= 15 is 0 Å². The maximum atomic E-state index is 9.76. The first-order chi connectivity index (χ1) is 22.3. The van der Waals surface area contributed by atoms with E-state index in [1.165, 1.54) is 54.9 Å². The Morgan fingerprint density at radius 3 is 1.67 bits per heavy atom. The van der Waals surface area contributed by atoms with Crippen molar-refractivity contribution in [1.29, 1.82) is 5.26 Å². The maximum Gasteiger partial charge on any atom is 0.0998 e. The van der Waals surface area contributed by atoms with Gasteiger partial charge in [0.2, 0.25) is 0 Å². The fourth-order valence-corrected chi connectivity index (χ4v) is 7.51. The van der Waals surface area contributed by atoms with Gasteiger partial charge in [0.25, 0.3) is 0 Å². The van der Waals surface area contributed by atoms with Crippen LogP contribution in [0.25, 0.3) is 54.6 Å². The van der Waals surface area contributed by atoms with E-state index < -0.39 is 0 Å². The molecule has 0 aliphatic heterocycles. The van der Waals surface area contributed by atoms with Gasteiger partial charge in [-0.3, -0.25) is 0 Å². The van der Waals surface area contributed by atoms with Crippen LogP contribution >= 0.6 is 0 Å². The van der Waals surface area contributed by atoms with Crippen LogP contribution in [0.1, 0.15) is 42.7 Å². The average molecular weight is 576 g/mol. The molecule has 0 saturated carbocycles. The van der Waals surface area contributed by atoms with Crippen molar-refractivity contribution in [2.24, 2.45) is 0 Å². The van der Waals surface area contributed by atoms with Gasteiger partial charge < -0.3 is 0 Å². The summed E-state index contributed by atoms with van der Waals surface area (Å²) in [5.41, 5.74) is 9.85. The Bertz CT molecular complexity index is 2280. The van der Waals surface area contributed by atoms with Crippen molar-refractivity contribution in [1.82, 2.24) is 0 Å². The third-order valence-corrected chi connectivity index (χ3v) is 9.59. The first kappa shape index (κ1) is 27.1. The number of allylic oxidation sites excluding steroid dienone is 8. The summed E-state index contributed by atoms with van der Waals surface area (Å²) in [4.78, 5) is 0. The molecule has 0 heterocycles. The highest BCUT2D eigenvalue weighted by Gasteiger charge is 2.24. The fourth-order valence-electron chi connectivity index (χ4n) is 7.51. The van der Waals surface area contributed by atoms with Crippen molar-refractivity contribution >= 4 is 32.3 Å². The number of benzene rings is 6. The average Bonchev–Trinajstić information content (AvgIpc) is 3.12. The molecule has 45 heavy (non-hydrogen) atoms. The van der Waals surface area contributed by atoms with Gasteiger partial charge in [0.1, 0.15) is 0 Å². The molecular weight excluding hydrogens is 542 g/mol. The molecule has 2 aliphatic carbocycles. The molecule has 1 atom stereocenters. The van der Waals surface area contributed by atoms with E-state index in [0.29, 0.717) is 5.56 Å². The zero-order valence-electron chi connectivity index (χ0n) is 25.2. The number of fused-ring (bicyclic) bond motifs is 3. The number of nitriles is 1. The van der Waals surface area contributed by atoms with Crippen LogP contribution in [0.15, 0.2) is 157 Å². The highest BCUT2D eigenvalue weighted by atomic mass is 14.3. The van der Waals surface area contributed by atoms with Crippen molar-refractivity contribution in [2.75, 3.05) is 0 Å². The van der Waals surface area contributed by atoms with Crippen LogP contribution in [0.2, 0.25) is 0 Å². The van der Waals surface area contributed by atoms with Gasteiger partial charge in [0.05, 0.1) is 11.6 Å². The molecular formula is C44H33N. The van der Waals surface area contributed by atoms with Crippen molar-refractivity contribution < 1.29 is 0 Å². The van der Waals surface area contributed by atoms with Crippen molar-refractivity contribution in [3.8, 4) is 28.3 Å². The van der Waals surface area contributed by atoms with Gasteiger partial charge in [-0.2, -0.15) is 5.26 Å². The van der Waals surface area contributed by atoms with E-state index in [2.05, 4.69) is 134 Å². The minimum absolute atomic E-state index is 0.259. The molecule has 6 aromatic carbocycles. The Balaban J connectivity index is 1.33. The molecule has 0 radical (unpaired) electrons. The predicted molar refractivity (Wildman–Crippen MR) is 190 cm³/mol. The largest absolute Gasteiger partial charge is 0.192 e. The monoisotopic (exact) mass is 575 g/mol. The molecule has 0 bridgehead atoms. The summed E-state index contributed by atoms with van der Waals surface area (Å²) in [5, 5.41) is 16.9. The Hall–Kier alpha value is -5.45. The normalized spacial score (nSPS) is 15.2. The van der Waals surface area contributed by atoms with Gasteiger partial charge in [-0.25, -0.2) is 0 Å². The van der Waals surface area contributed by atoms with Crippen LogP contribution in [0, 0.1) is 11.3 Å². The number of hydrogen-bond acceptors (Lipinski definition) is 1. The third-order valence-electron chi connectivity index (χ3n) is 9.59. The lowest BCUT2D eigenvalue weighted by Crippen LogP contribution is -2.09. The van der Waals surface area contributed by atoms with Gasteiger partial charge in [-0.1, -0.05) is 145 Å². The second-order valence-electron chi connectivity index (χ2n) is 12.1. The first-order valence-corrected chi connectivity index (χ1v) is 16.0. The molecule has 0 saturated heterocycles. The second-order valence-corrected chi connectivity index (χ2v) is 12.1. The highest BCUT2D eigenvalue weighted by molar-refractivity contribution is 6.13. The van der Waals surface area contributed by atoms with Crippen LogP contribution in [-0.4, -0.2) is 0 Å². The summed E-state index contributed by atoms with van der Waals surface area (Å²) in [7, 11) is 0. The maximum absolute atomic E-state index is 9.76. The summed E-state index contributed by atoms with van der Waals surface area (Å²) in [6.07, 6.45) is 18.4. The minimum atomic E-state index is 0.259. The summed E-state index contributed by atoms with van der Waals surface area (Å²) in [5.74, 6) is 0.259. The number of rotatable bonds is 5. The summed E-state index contributed by atoms with van der Waals surface area (Å²) in [6, 6.07) is 41.7. The quantitative estimate of drug-likeness (QED) is 0.201. The fraction of sp³-hybridized carbons (Fsp3) is 0.114. The molecule has 0 fully saturated rings. The molecule has 214 valence electrons. The zero-order valence-corrected chi connectivity index (χ0v) is 25.2. The lowest BCUT2D eigenvalue weighted by molar-refractivity contribution is 0.822. The van der Waals surface area contributed by atoms with E-state index in [0.717, 1.165) is 42.0 Å². The highest BCUT2D eigenvalue weighted by Crippen LogP contribution is 2.45. The lowest BCUT2D eigenvalue weighted by Gasteiger charge is -2.27. The Morgan fingerprint density at radius 1 is 0.533 bits per heavy atom. The van der Waals surface area contributed by atoms with Gasteiger partial charge in [-0.15, -0.1) is 0 Å². The summed E-state index contributed by atoms with van der Waals surface area (Å²) >= 11 is 0. The minimum Gasteiger partial charge on any atom is -0.192 e. The standard InChI is InChI=1S/C44H33N/c45-29-32-23-24-39(34-18-8-7-17-33(32)34)40-25-26-41(36-20-10-9-19-35(36)40)42-27-28-43(38-22-12-11-21-37(38)42)44(30-13-3-1-4-14-30)31-15-5-2-6-16-31/h1,3,5,7-13,15-28,44H,2,4,6,14H2. The smallest absolute Gasteiger partial charge is 0.0998 e. The Kier molecular flexibility index (Phi) is 6.97. The van der Waals surface area contributed by atoms with Gasteiger partial charge in [-0.05, 0) is 92.1 Å². The van der Waals surface area contributed by atoms with E-state index in [1.54, 1.807) is 0 Å². The van der Waals surface area contributed by atoms with E-state index in [-0.39, 0.29) is 5.92 Å². The van der Waals surface area contributed by atoms with Gasteiger partial charge in [0, 0.05) is 11.3 Å². The molecule has 0 N–H and O–H groups in total. The van der Waals surface area contributed by atoms with Gasteiger partial charge in [0.15, 0.2) is 0 Å². The van der Waals surface area contributed by atoms with Crippen molar-refractivity contribution in [3.63, 3.8) is 0 Å². The van der Waals surface area contributed by atoms with E-state index in [9.17, 15) is 5.26 Å². The Morgan fingerprint density at radius 2 is 1.09 bits per heavy atom. The number of hydrogen-bond donors (Lipinski definition) is 0. The van der Waals surface area contributed by atoms with E-state index in [1.807, 2.05) is 18.2 Å². The van der Waals surface area contributed by atoms with Crippen molar-refractivity contribution in [3.05, 3.63) is 168 Å². The molecule has 0 aromatic heterocycles. The summed E-state index contributed by atoms with van der Waals surface area (Å²) < 4.78 is 0. The molecule has 0 amide bonds. The molecule has 8 rings (SSSR count). The lowest BCUT2D eigenvalue weighted by atomic mass is 9.77. The Labute approximate surface area is 264 Å². The molecule has 2 aliphatic rings. The molecule has 0 spiro atoms. The van der Waals surface area contributed by atoms with Crippen LogP contribution in [-0.2, 0) is 0 Å². The van der Waals surface area contributed by atoms with Gasteiger partial charge >= 0.3 is 0 Å². The zero-order chi connectivity index (χ0) is 30.2. The summed E-state index contributed by atoms with van der Waals surface area (Å²) in [6.45, 7) is 0. The molecule has 6 aromatic rings. The van der Waals surface area contributed by atoms with Crippen LogP contribution in [0.3, 0.4) is 0 Å². The predicted octanol–water partition coefficient (Wildman–Crippen LogP) is 12.0. The first-order valence-electron chi connectivity index (χ1n) is 16.0. The second kappa shape index (κ2) is 11.6. The van der Waals surface area contributed by atoms with Crippen LogP contribution in [0.5, 0.6) is 0 Å². The van der Waals surface area contributed by atoms with Crippen LogP contribution < -0.4 is 0 Å².